The average Bonchev–Trinajstić information content (AvgIpc) is 3.53. The van der Waals surface area contributed by atoms with E-state index in [1.54, 1.807) is 0 Å². The molecule has 1 N–H and O–H groups in total. The molecule has 40 heavy (non-hydrogen) atoms. The summed E-state index contributed by atoms with van der Waals surface area (Å²) in [7, 11) is 0. The largest absolute Gasteiger partial charge is 0.357 e. The first-order valence-electron chi connectivity index (χ1n) is 14.5. The monoisotopic (exact) mass is 549 g/mol. The number of halogens is 2. The Morgan fingerprint density at radius 3 is 2.38 bits per heavy atom. The smallest absolute Gasteiger partial charge is 0.250 e. The number of carbonyl (C=O) groups excluding carboxylic acids is 1. The molecule has 3 aliphatic heterocycles. The van der Waals surface area contributed by atoms with Crippen LogP contribution in [-0.4, -0.2) is 83.9 Å². The van der Waals surface area contributed by atoms with E-state index in [2.05, 4.69) is 30.0 Å². The number of alkyl halides is 2. The Morgan fingerprint density at radius 1 is 0.925 bits per heavy atom. The molecule has 0 radical (unpaired) electrons. The molecule has 212 valence electrons. The van der Waals surface area contributed by atoms with E-state index < -0.39 is 5.92 Å². The highest BCUT2D eigenvalue weighted by atomic mass is 19.3. The molecule has 5 heterocycles. The number of ketones is 1. The molecule has 2 aromatic heterocycles. The molecule has 8 nitrogen and oxygen atoms in total. The van der Waals surface area contributed by atoms with Crippen molar-refractivity contribution in [1.82, 2.24) is 25.2 Å². The summed E-state index contributed by atoms with van der Waals surface area (Å²) in [5, 5.41) is 4.18. The molecule has 1 unspecified atom stereocenters. The summed E-state index contributed by atoms with van der Waals surface area (Å²) in [6.45, 7) is 6.06. The fourth-order valence-corrected chi connectivity index (χ4v) is 6.17. The first-order valence-corrected chi connectivity index (χ1v) is 14.5. The van der Waals surface area contributed by atoms with Crippen molar-refractivity contribution in [3.63, 3.8) is 0 Å². The van der Waals surface area contributed by atoms with Gasteiger partial charge in [-0.2, -0.15) is 0 Å². The highest BCUT2D eigenvalue weighted by molar-refractivity contribution is 6.07. The molecule has 0 aliphatic carbocycles. The summed E-state index contributed by atoms with van der Waals surface area (Å²) >= 11 is 0. The van der Waals surface area contributed by atoms with Crippen LogP contribution >= 0.6 is 0 Å². The number of hydrogen-bond donors (Lipinski definition) is 1. The maximum Gasteiger partial charge on any atom is 0.250 e. The number of nitrogens with one attached hydrogen (secondary N) is 1. The molecule has 10 heteroatoms. The maximum atomic E-state index is 14.0. The number of anilines is 2. The van der Waals surface area contributed by atoms with Gasteiger partial charge in [0.05, 0.1) is 5.52 Å². The molecule has 0 saturated carbocycles. The number of aromatic nitrogens is 3. The van der Waals surface area contributed by atoms with Crippen molar-refractivity contribution >= 4 is 28.5 Å². The van der Waals surface area contributed by atoms with E-state index in [1.165, 1.54) is 12.8 Å². The van der Waals surface area contributed by atoms with Crippen molar-refractivity contribution in [3.05, 3.63) is 53.9 Å². The van der Waals surface area contributed by atoms with Crippen molar-refractivity contribution in [1.29, 1.82) is 0 Å². The first kappa shape index (κ1) is 27.0. The Balaban J connectivity index is 1.20. The van der Waals surface area contributed by atoms with Gasteiger partial charge in [0.15, 0.2) is 5.78 Å². The third-order valence-electron chi connectivity index (χ3n) is 8.51. The van der Waals surface area contributed by atoms with Crippen LogP contribution in [0.4, 0.5) is 20.5 Å². The van der Waals surface area contributed by atoms with Gasteiger partial charge in [0.25, 0.3) is 5.92 Å². The summed E-state index contributed by atoms with van der Waals surface area (Å²) in [6, 6.07) is 9.54. The molecule has 1 aromatic carbocycles. The average molecular weight is 550 g/mol. The molecular formula is C30H37F2N7O. The third kappa shape index (κ3) is 5.93. The minimum Gasteiger partial charge on any atom is -0.357 e. The van der Waals surface area contributed by atoms with Gasteiger partial charge in [0.1, 0.15) is 5.82 Å². The first-order chi connectivity index (χ1) is 19.5. The lowest BCUT2D eigenvalue weighted by molar-refractivity contribution is -0.0641. The number of likely N-dealkylation sites (tertiary alicyclic amines) is 1. The van der Waals surface area contributed by atoms with E-state index in [1.807, 2.05) is 42.7 Å². The van der Waals surface area contributed by atoms with Crippen LogP contribution in [0.2, 0.25) is 0 Å². The summed E-state index contributed by atoms with van der Waals surface area (Å²) in [5.74, 6) is -0.960. The minimum absolute atomic E-state index is 0.0343. The van der Waals surface area contributed by atoms with Crippen LogP contribution in [0.3, 0.4) is 0 Å². The number of piperazine rings is 1. The van der Waals surface area contributed by atoms with Crippen molar-refractivity contribution < 1.29 is 13.6 Å². The minimum atomic E-state index is -2.64. The summed E-state index contributed by atoms with van der Waals surface area (Å²) in [5.41, 5.74) is 2.35. The van der Waals surface area contributed by atoms with Gasteiger partial charge < -0.3 is 15.1 Å². The fourth-order valence-electron chi connectivity index (χ4n) is 6.17. The van der Waals surface area contributed by atoms with Gasteiger partial charge in [0.2, 0.25) is 5.95 Å². The highest BCUT2D eigenvalue weighted by Crippen LogP contribution is 2.35. The number of hydrogen-bond acceptors (Lipinski definition) is 8. The number of pyridine rings is 1. The van der Waals surface area contributed by atoms with E-state index in [4.69, 9.17) is 4.98 Å². The summed E-state index contributed by atoms with van der Waals surface area (Å²) in [6.07, 6.45) is 6.44. The molecule has 0 bridgehead atoms. The van der Waals surface area contributed by atoms with E-state index in [9.17, 15) is 13.6 Å². The standard InChI is InChI=1S/C30H37F2N7O/c31-30(32)10-16-37(17-11-30)26(22-20-34-29(35-21-22)39-18-12-33-13-19-39)7-8-27(40)24-4-3-5-25-23(24)6-9-28(36-25)38-14-1-2-15-38/h3-6,9,20-21,26,33H,1-2,7-8,10-19H2. The highest BCUT2D eigenvalue weighted by Gasteiger charge is 2.37. The molecule has 0 amide bonds. The summed E-state index contributed by atoms with van der Waals surface area (Å²) < 4.78 is 28.0. The lowest BCUT2D eigenvalue weighted by Crippen LogP contribution is -2.44. The van der Waals surface area contributed by atoms with Gasteiger partial charge in [-0.1, -0.05) is 12.1 Å². The molecule has 1 atom stereocenters. The normalized spacial score (nSPS) is 20.6. The molecule has 3 fully saturated rings. The van der Waals surface area contributed by atoms with Crippen molar-refractivity contribution in [2.24, 2.45) is 0 Å². The van der Waals surface area contributed by atoms with Crippen molar-refractivity contribution in [2.45, 2.75) is 50.5 Å². The summed E-state index contributed by atoms with van der Waals surface area (Å²) in [4.78, 5) is 34.2. The zero-order valence-corrected chi connectivity index (χ0v) is 22.9. The lowest BCUT2D eigenvalue weighted by Gasteiger charge is -2.37. The second kappa shape index (κ2) is 11.7. The van der Waals surface area contributed by atoms with Crippen LogP contribution in [0.1, 0.15) is 60.5 Å². The molecule has 0 spiro atoms. The van der Waals surface area contributed by atoms with Crippen molar-refractivity contribution in [3.8, 4) is 0 Å². The van der Waals surface area contributed by atoms with Gasteiger partial charge in [-0.15, -0.1) is 0 Å². The second-order valence-corrected chi connectivity index (χ2v) is 11.2. The van der Waals surface area contributed by atoms with Gasteiger partial charge >= 0.3 is 0 Å². The maximum absolute atomic E-state index is 14.0. The number of nitrogens with zero attached hydrogens (tertiary/aromatic N) is 6. The van der Waals surface area contributed by atoms with Gasteiger partial charge in [-0.25, -0.2) is 23.7 Å². The van der Waals surface area contributed by atoms with Gasteiger partial charge in [-0.05, 0) is 37.5 Å². The number of carbonyl (C=O) groups is 1. The Kier molecular flexibility index (Phi) is 7.89. The Labute approximate surface area is 233 Å². The Bertz CT molecular complexity index is 1310. The number of benzene rings is 1. The molecule has 6 rings (SSSR count). The molecule has 3 aliphatic rings. The number of piperidine rings is 1. The van der Waals surface area contributed by atoms with Gasteiger partial charge in [0, 0.05) is 107 Å². The van der Waals surface area contributed by atoms with Crippen LogP contribution in [0.5, 0.6) is 0 Å². The van der Waals surface area contributed by atoms with Crippen LogP contribution in [0, 0.1) is 0 Å². The predicted octanol–water partition coefficient (Wildman–Crippen LogP) is 4.47. The van der Waals surface area contributed by atoms with E-state index in [0.717, 1.165) is 61.6 Å². The Morgan fingerprint density at radius 2 is 1.65 bits per heavy atom. The topological polar surface area (TPSA) is 77.5 Å². The molecular weight excluding hydrogens is 512 g/mol. The zero-order valence-electron chi connectivity index (χ0n) is 22.9. The Hall–Kier alpha value is -3.24. The third-order valence-corrected chi connectivity index (χ3v) is 8.51. The quantitative estimate of drug-likeness (QED) is 0.413. The molecule has 3 saturated heterocycles. The van der Waals surface area contributed by atoms with E-state index >= 15 is 0 Å². The zero-order chi connectivity index (χ0) is 27.5. The number of rotatable bonds is 8. The predicted molar refractivity (Wildman–Crippen MR) is 152 cm³/mol. The van der Waals surface area contributed by atoms with Crippen LogP contribution < -0.4 is 15.1 Å². The fraction of sp³-hybridized carbons (Fsp3) is 0.533. The van der Waals surface area contributed by atoms with Crippen LogP contribution in [0.25, 0.3) is 10.9 Å². The van der Waals surface area contributed by atoms with E-state index in [-0.39, 0.29) is 37.8 Å². The SMILES string of the molecule is O=C(CCC(c1cnc(N2CCNCC2)nc1)N1CCC(F)(F)CC1)c1cccc2nc(N3CCCC3)ccc12. The second-order valence-electron chi connectivity index (χ2n) is 11.2. The molecule has 3 aromatic rings. The van der Waals surface area contributed by atoms with Crippen LogP contribution in [0.15, 0.2) is 42.7 Å². The van der Waals surface area contributed by atoms with Crippen LogP contribution in [-0.2, 0) is 0 Å². The van der Waals surface area contributed by atoms with Crippen molar-refractivity contribution in [2.75, 3.05) is 62.2 Å². The lowest BCUT2D eigenvalue weighted by atomic mass is 9.95. The number of fused-ring (bicyclic) bond motifs is 1. The number of Topliss-reactive ketones (excluding diaryl/α,β-unsaturated/α-hetero) is 1. The van der Waals surface area contributed by atoms with E-state index in [0.29, 0.717) is 24.4 Å². The van der Waals surface area contributed by atoms with Gasteiger partial charge in [-0.3, -0.25) is 9.69 Å².